The van der Waals surface area contributed by atoms with E-state index in [-0.39, 0.29) is 24.8 Å². The molecule has 3 saturated carbocycles. The highest BCUT2D eigenvalue weighted by Gasteiger charge is 2.78. The van der Waals surface area contributed by atoms with Crippen LogP contribution in [0, 0.1) is 23.2 Å². The van der Waals surface area contributed by atoms with Crippen molar-refractivity contribution in [1.29, 1.82) is 0 Å². The number of carbonyl (C=O) groups excluding carboxylic acids is 3. The molecule has 4 rings (SSSR count). The Morgan fingerprint density at radius 3 is 2.62 bits per heavy atom. The highest BCUT2D eigenvalue weighted by atomic mass is 32.2. The van der Waals surface area contributed by atoms with Crippen LogP contribution in [0.3, 0.4) is 0 Å². The molecule has 0 heterocycles. The van der Waals surface area contributed by atoms with Gasteiger partial charge in [-0.25, -0.2) is 13.2 Å². The summed E-state index contributed by atoms with van der Waals surface area (Å²) in [4.78, 5) is 37.6. The minimum absolute atomic E-state index is 0.0268. The van der Waals surface area contributed by atoms with E-state index >= 15 is 8.78 Å². The van der Waals surface area contributed by atoms with Gasteiger partial charge in [0.15, 0.2) is 11.5 Å². The fraction of sp³-hybridized carbons (Fsp3) is 0.708. The van der Waals surface area contributed by atoms with Crippen LogP contribution in [0.5, 0.6) is 0 Å². The van der Waals surface area contributed by atoms with Gasteiger partial charge in [0.2, 0.25) is 10.7 Å². The Bertz CT molecular complexity index is 990. The van der Waals surface area contributed by atoms with E-state index < -0.39 is 81.5 Å². The molecule has 3 fully saturated rings. The third-order valence-electron chi connectivity index (χ3n) is 8.82. The lowest BCUT2D eigenvalue weighted by Crippen LogP contribution is -2.77. The maximum absolute atomic E-state index is 17.2. The quantitative estimate of drug-likeness (QED) is 0.570. The number of halogens is 3. The van der Waals surface area contributed by atoms with Gasteiger partial charge in [-0.1, -0.05) is 19.9 Å². The van der Waals surface area contributed by atoms with E-state index in [1.54, 1.807) is 6.92 Å². The molecule has 6 nitrogen and oxygen atoms in total. The van der Waals surface area contributed by atoms with Gasteiger partial charge in [-0.2, -0.15) is 0 Å². The number of aliphatic hydroxyl groups excluding tert-OH is 1. The smallest absolute Gasteiger partial charge is 0.306 e. The van der Waals surface area contributed by atoms with E-state index in [1.807, 2.05) is 0 Å². The molecule has 34 heavy (non-hydrogen) atoms. The molecule has 1 unspecified atom stereocenters. The topological polar surface area (TPSA) is 107 Å². The Balaban J connectivity index is 1.87. The summed E-state index contributed by atoms with van der Waals surface area (Å²) in [7, 11) is 0. The first kappa shape index (κ1) is 25.4. The lowest BCUT2D eigenvalue weighted by atomic mass is 9.46. The summed E-state index contributed by atoms with van der Waals surface area (Å²) in [5.41, 5.74) is -0.906. The molecule has 0 aromatic carbocycles. The maximum Gasteiger partial charge on any atom is 0.306 e. The second-order valence-electron chi connectivity index (χ2n) is 10.2. The van der Waals surface area contributed by atoms with Gasteiger partial charge in [-0.3, -0.25) is 14.4 Å². The summed E-state index contributed by atoms with van der Waals surface area (Å²) in [6.45, 7) is 4.62. The standard InChI is InChI=1S/C24H30F3NO5S/c1-4-19(31)33-24(20(32)34-11-25)12(2)7-14-15-9-17(26)16-8-13(29)5-6-21(16,3)23(15,27)18(30)10-22(14,24)28/h5-6,8,12,14-15,17-18,30H,4,7,9-11,28H2,1-3H3/t12-,14+,15?,17+,18+,21+,22-,23+,24+/m1/s1. The predicted octanol–water partition coefficient (Wildman–Crippen LogP) is 3.12. The summed E-state index contributed by atoms with van der Waals surface area (Å²) < 4.78 is 51.6. The fourth-order valence-corrected chi connectivity index (χ4v) is 7.99. The number of aliphatic hydroxyl groups is 1. The zero-order chi connectivity index (χ0) is 25.3. The third-order valence-corrected chi connectivity index (χ3v) is 9.50. The van der Waals surface area contributed by atoms with Crippen molar-refractivity contribution in [3.63, 3.8) is 0 Å². The number of thioether (sulfide) groups is 1. The van der Waals surface area contributed by atoms with Crippen LogP contribution in [0.4, 0.5) is 13.2 Å². The Labute approximate surface area is 200 Å². The van der Waals surface area contributed by atoms with Crippen LogP contribution < -0.4 is 5.73 Å². The molecule has 3 N–H and O–H groups in total. The zero-order valence-corrected chi connectivity index (χ0v) is 20.2. The van der Waals surface area contributed by atoms with Crippen LogP contribution >= 0.6 is 11.8 Å². The molecule has 0 aromatic rings. The highest BCUT2D eigenvalue weighted by molar-refractivity contribution is 8.13. The van der Waals surface area contributed by atoms with Crippen molar-refractivity contribution in [3.8, 4) is 0 Å². The summed E-state index contributed by atoms with van der Waals surface area (Å²) >= 11 is 0.316. The minimum Gasteiger partial charge on any atom is -0.448 e. The Hall–Kier alpha value is -1.65. The van der Waals surface area contributed by atoms with Crippen LogP contribution in [0.25, 0.3) is 0 Å². The van der Waals surface area contributed by atoms with Crippen molar-refractivity contribution in [1.82, 2.24) is 0 Å². The second-order valence-corrected chi connectivity index (χ2v) is 11.1. The summed E-state index contributed by atoms with van der Waals surface area (Å²) in [5.74, 6) is -3.87. The number of carbonyl (C=O) groups is 3. The lowest BCUT2D eigenvalue weighted by Gasteiger charge is -2.62. The molecule has 0 saturated heterocycles. The molecular weight excluding hydrogens is 471 g/mol. The number of hydrogen-bond acceptors (Lipinski definition) is 7. The number of ketones is 1. The van der Waals surface area contributed by atoms with E-state index in [2.05, 4.69) is 0 Å². The van der Waals surface area contributed by atoms with Gasteiger partial charge in [0.25, 0.3) is 0 Å². The average Bonchev–Trinajstić information content (AvgIpc) is 2.99. The third kappa shape index (κ3) is 3.00. The van der Waals surface area contributed by atoms with E-state index in [0.717, 1.165) is 6.08 Å². The normalized spacial score (nSPS) is 47.4. The van der Waals surface area contributed by atoms with E-state index in [4.69, 9.17) is 10.5 Å². The number of ether oxygens (including phenoxy) is 1. The summed E-state index contributed by atoms with van der Waals surface area (Å²) in [5, 5.41) is 10.5. The monoisotopic (exact) mass is 501 g/mol. The van der Waals surface area contributed by atoms with Crippen molar-refractivity contribution in [3.05, 3.63) is 23.8 Å². The Morgan fingerprint density at radius 2 is 2.00 bits per heavy atom. The predicted molar refractivity (Wildman–Crippen MR) is 120 cm³/mol. The van der Waals surface area contributed by atoms with Crippen LogP contribution in [-0.2, 0) is 19.1 Å². The van der Waals surface area contributed by atoms with E-state index in [9.17, 15) is 23.9 Å². The van der Waals surface area contributed by atoms with E-state index in [0.29, 0.717) is 11.8 Å². The molecule has 188 valence electrons. The SMILES string of the molecule is CCC(=O)O[C@]1(C(=O)SCF)[C@H](C)C[C@H]2C3C[C@H](F)C4=CC(=O)C=C[C@]4(C)[C@@]3(F)[C@@H](O)C[C@@]21N. The van der Waals surface area contributed by atoms with Crippen LogP contribution in [0.2, 0.25) is 0 Å². The lowest BCUT2D eigenvalue weighted by molar-refractivity contribution is -0.209. The molecule has 10 heteroatoms. The molecule has 0 amide bonds. The van der Waals surface area contributed by atoms with Crippen LogP contribution in [0.15, 0.2) is 23.8 Å². The zero-order valence-electron chi connectivity index (χ0n) is 19.4. The molecule has 0 aromatic heterocycles. The van der Waals surface area contributed by atoms with Gasteiger partial charge in [0, 0.05) is 23.7 Å². The maximum atomic E-state index is 17.2. The largest absolute Gasteiger partial charge is 0.448 e. The van der Waals surface area contributed by atoms with Gasteiger partial charge >= 0.3 is 5.97 Å². The molecule has 0 radical (unpaired) electrons. The number of fused-ring (bicyclic) bond motifs is 5. The number of hydrogen-bond donors (Lipinski definition) is 2. The van der Waals surface area contributed by atoms with Gasteiger partial charge in [-0.15, -0.1) is 0 Å². The first-order valence-corrected chi connectivity index (χ1v) is 12.5. The van der Waals surface area contributed by atoms with Gasteiger partial charge in [-0.05, 0) is 61.6 Å². The van der Waals surface area contributed by atoms with Gasteiger partial charge in [0.1, 0.15) is 12.2 Å². The van der Waals surface area contributed by atoms with E-state index in [1.165, 1.54) is 26.0 Å². The Morgan fingerprint density at radius 1 is 1.32 bits per heavy atom. The highest BCUT2D eigenvalue weighted by Crippen LogP contribution is 2.68. The average molecular weight is 502 g/mol. The van der Waals surface area contributed by atoms with Crippen molar-refractivity contribution in [2.75, 3.05) is 6.01 Å². The Kier molecular flexibility index (Phi) is 6.13. The summed E-state index contributed by atoms with van der Waals surface area (Å²) in [6, 6.07) is -1.08. The molecule has 4 aliphatic rings. The molecule has 0 aliphatic heterocycles. The number of rotatable bonds is 4. The molecular formula is C24H30F3NO5S. The first-order chi connectivity index (χ1) is 15.8. The van der Waals surface area contributed by atoms with Crippen molar-refractivity contribution >= 4 is 28.6 Å². The van der Waals surface area contributed by atoms with Crippen molar-refractivity contribution < 1.29 is 37.4 Å². The van der Waals surface area contributed by atoms with Gasteiger partial charge in [0.05, 0.1) is 11.6 Å². The first-order valence-electron chi connectivity index (χ1n) is 11.5. The van der Waals surface area contributed by atoms with Crippen molar-refractivity contribution in [2.45, 2.75) is 75.5 Å². The number of allylic oxidation sites excluding steroid dienone is 4. The second kappa shape index (κ2) is 8.20. The van der Waals surface area contributed by atoms with Crippen LogP contribution in [-0.4, -0.2) is 57.1 Å². The summed E-state index contributed by atoms with van der Waals surface area (Å²) in [6.07, 6.45) is -0.607. The molecule has 9 atom stereocenters. The van der Waals surface area contributed by atoms with Crippen molar-refractivity contribution in [2.24, 2.45) is 28.9 Å². The number of nitrogens with two attached hydrogens (primary N) is 1. The molecule has 4 aliphatic carbocycles. The minimum atomic E-state index is -2.38. The molecule has 0 bridgehead atoms. The number of alkyl halides is 3. The van der Waals surface area contributed by atoms with Gasteiger partial charge < -0.3 is 15.6 Å². The van der Waals surface area contributed by atoms with Crippen LogP contribution in [0.1, 0.15) is 46.5 Å². The molecule has 0 spiro atoms. The number of esters is 1. The fourth-order valence-electron chi connectivity index (χ4n) is 7.24.